The van der Waals surface area contributed by atoms with Gasteiger partial charge in [-0.3, -0.25) is 14.7 Å². The molecule has 3 atom stereocenters. The Hall–Kier alpha value is -1.47. The SMILES string of the molecule is C[C@@]1(O)CCN(Cc2ccncc2Cl)[C@@H](c2cccs2)[C@@H]1NC(=O)C1CCCC1. The minimum atomic E-state index is -0.971. The molecular formula is C22H28ClN3O2S. The van der Waals surface area contributed by atoms with Crippen LogP contribution in [0.15, 0.2) is 36.0 Å². The van der Waals surface area contributed by atoms with Gasteiger partial charge in [0.2, 0.25) is 5.91 Å². The zero-order valence-corrected chi connectivity index (χ0v) is 18.3. The lowest BCUT2D eigenvalue weighted by molar-refractivity contribution is -0.132. The van der Waals surface area contributed by atoms with Gasteiger partial charge in [0.25, 0.3) is 0 Å². The van der Waals surface area contributed by atoms with Crippen molar-refractivity contribution in [3.8, 4) is 0 Å². The highest BCUT2D eigenvalue weighted by Crippen LogP contribution is 2.40. The minimum absolute atomic E-state index is 0.0693. The second kappa shape index (κ2) is 8.72. The largest absolute Gasteiger partial charge is 0.388 e. The van der Waals surface area contributed by atoms with E-state index in [1.165, 1.54) is 0 Å². The Morgan fingerprint density at radius 2 is 2.21 bits per heavy atom. The summed E-state index contributed by atoms with van der Waals surface area (Å²) in [4.78, 5) is 20.5. The second-order valence-corrected chi connectivity index (χ2v) is 9.86. The van der Waals surface area contributed by atoms with Crippen molar-refractivity contribution in [1.29, 1.82) is 0 Å². The van der Waals surface area contributed by atoms with Gasteiger partial charge < -0.3 is 10.4 Å². The van der Waals surface area contributed by atoms with Crippen molar-refractivity contribution in [2.75, 3.05) is 6.54 Å². The van der Waals surface area contributed by atoms with Gasteiger partial charge in [0, 0.05) is 36.3 Å². The quantitative estimate of drug-likeness (QED) is 0.742. The molecule has 2 aromatic heterocycles. The minimum Gasteiger partial charge on any atom is -0.388 e. The predicted octanol–water partition coefficient (Wildman–Crippen LogP) is 4.17. The van der Waals surface area contributed by atoms with E-state index < -0.39 is 5.60 Å². The van der Waals surface area contributed by atoms with E-state index in [9.17, 15) is 9.90 Å². The number of likely N-dealkylation sites (tertiary alicyclic amines) is 1. The molecule has 4 rings (SSSR count). The van der Waals surface area contributed by atoms with Crippen molar-refractivity contribution < 1.29 is 9.90 Å². The molecule has 0 radical (unpaired) electrons. The molecule has 2 aromatic rings. The third-order valence-electron chi connectivity index (χ3n) is 6.37. The summed E-state index contributed by atoms with van der Waals surface area (Å²) in [5.41, 5.74) is 0.0344. The summed E-state index contributed by atoms with van der Waals surface area (Å²) < 4.78 is 0. The fraction of sp³-hybridized carbons (Fsp3) is 0.545. The van der Waals surface area contributed by atoms with E-state index in [-0.39, 0.29) is 23.9 Å². The molecule has 0 unspecified atom stereocenters. The van der Waals surface area contributed by atoms with Crippen LogP contribution in [-0.4, -0.2) is 39.1 Å². The Morgan fingerprint density at radius 1 is 1.41 bits per heavy atom. The lowest BCUT2D eigenvalue weighted by atomic mass is 9.81. The van der Waals surface area contributed by atoms with Crippen LogP contribution in [0.25, 0.3) is 0 Å². The third kappa shape index (κ3) is 4.50. The first-order chi connectivity index (χ1) is 14.0. The number of hydrogen-bond donors (Lipinski definition) is 2. The average molecular weight is 434 g/mol. The molecule has 0 aromatic carbocycles. The highest BCUT2D eigenvalue weighted by atomic mass is 35.5. The first kappa shape index (κ1) is 20.8. The van der Waals surface area contributed by atoms with E-state index in [0.29, 0.717) is 18.0 Å². The Balaban J connectivity index is 1.63. The number of carbonyl (C=O) groups excluding carboxylic acids is 1. The van der Waals surface area contributed by atoms with Crippen molar-refractivity contribution >= 4 is 28.8 Å². The number of piperidine rings is 1. The van der Waals surface area contributed by atoms with Crippen LogP contribution in [-0.2, 0) is 11.3 Å². The smallest absolute Gasteiger partial charge is 0.223 e. The molecule has 0 spiro atoms. The summed E-state index contributed by atoms with van der Waals surface area (Å²) in [5.74, 6) is 0.151. The standard InChI is InChI=1S/C22H28ClN3O2S/c1-22(28)9-11-26(14-16-8-10-24-13-17(16)23)19(18-7-4-12-29-18)20(22)25-21(27)15-5-2-3-6-15/h4,7-8,10,12-13,15,19-20,28H,2-3,5-6,9,11,14H2,1H3,(H,25,27)/t19-,20-,22+/m0/s1. The summed E-state index contributed by atoms with van der Waals surface area (Å²) in [5, 5.41) is 17.2. The number of aliphatic hydroxyl groups is 1. The lowest BCUT2D eigenvalue weighted by Crippen LogP contribution is -2.62. The number of carbonyl (C=O) groups is 1. The molecule has 29 heavy (non-hydrogen) atoms. The van der Waals surface area contributed by atoms with Crippen LogP contribution in [0.5, 0.6) is 0 Å². The zero-order chi connectivity index (χ0) is 20.4. The molecule has 1 aliphatic carbocycles. The topological polar surface area (TPSA) is 65.5 Å². The molecule has 1 saturated heterocycles. The van der Waals surface area contributed by atoms with Crippen LogP contribution in [0.1, 0.15) is 55.5 Å². The van der Waals surface area contributed by atoms with Crippen molar-refractivity contribution in [3.63, 3.8) is 0 Å². The van der Waals surface area contributed by atoms with Gasteiger partial charge in [0.15, 0.2) is 0 Å². The summed E-state index contributed by atoms with van der Waals surface area (Å²) in [6.07, 6.45) is 8.12. The third-order valence-corrected chi connectivity index (χ3v) is 7.66. The average Bonchev–Trinajstić information content (AvgIpc) is 3.40. The molecule has 2 fully saturated rings. The van der Waals surface area contributed by atoms with Gasteiger partial charge in [-0.2, -0.15) is 0 Å². The monoisotopic (exact) mass is 433 g/mol. The number of thiophene rings is 1. The van der Waals surface area contributed by atoms with E-state index in [1.807, 2.05) is 24.4 Å². The number of nitrogens with one attached hydrogen (secondary N) is 1. The summed E-state index contributed by atoms with van der Waals surface area (Å²) in [6.45, 7) is 3.23. The lowest BCUT2D eigenvalue weighted by Gasteiger charge is -2.49. The highest BCUT2D eigenvalue weighted by molar-refractivity contribution is 7.10. The molecule has 1 saturated carbocycles. The fourth-order valence-corrected chi connectivity index (χ4v) is 5.72. The number of halogens is 1. The van der Waals surface area contributed by atoms with Crippen molar-refractivity contribution in [3.05, 3.63) is 51.4 Å². The number of rotatable bonds is 5. The molecule has 2 aliphatic rings. The van der Waals surface area contributed by atoms with Crippen molar-refractivity contribution in [1.82, 2.24) is 15.2 Å². The van der Waals surface area contributed by atoms with Gasteiger partial charge in [-0.05, 0) is 49.3 Å². The van der Waals surface area contributed by atoms with Crippen LogP contribution in [0.2, 0.25) is 5.02 Å². The maximum atomic E-state index is 13.0. The van der Waals surface area contributed by atoms with E-state index in [1.54, 1.807) is 23.7 Å². The Kier molecular flexibility index (Phi) is 6.25. The molecular weight excluding hydrogens is 406 g/mol. The van der Waals surface area contributed by atoms with Crippen molar-refractivity contribution in [2.24, 2.45) is 5.92 Å². The molecule has 5 nitrogen and oxygen atoms in total. The van der Waals surface area contributed by atoms with Gasteiger partial charge >= 0.3 is 0 Å². The summed E-state index contributed by atoms with van der Waals surface area (Å²) in [7, 11) is 0. The Bertz CT molecular complexity index is 836. The van der Waals surface area contributed by atoms with Crippen LogP contribution in [0, 0.1) is 5.92 Å². The number of hydrogen-bond acceptors (Lipinski definition) is 5. The van der Waals surface area contributed by atoms with E-state index in [4.69, 9.17) is 11.6 Å². The fourth-order valence-electron chi connectivity index (χ4n) is 4.64. The van der Waals surface area contributed by atoms with Gasteiger partial charge in [-0.25, -0.2) is 0 Å². The first-order valence-electron chi connectivity index (χ1n) is 10.3. The summed E-state index contributed by atoms with van der Waals surface area (Å²) >= 11 is 8.04. The molecule has 1 amide bonds. The molecule has 1 aliphatic heterocycles. The number of aromatic nitrogens is 1. The van der Waals surface area contributed by atoms with Crippen LogP contribution in [0.3, 0.4) is 0 Å². The van der Waals surface area contributed by atoms with Crippen LogP contribution >= 0.6 is 22.9 Å². The molecule has 2 N–H and O–H groups in total. The van der Waals surface area contributed by atoms with Gasteiger partial charge in [-0.15, -0.1) is 11.3 Å². The van der Waals surface area contributed by atoms with E-state index in [2.05, 4.69) is 21.3 Å². The maximum absolute atomic E-state index is 13.0. The van der Waals surface area contributed by atoms with E-state index >= 15 is 0 Å². The van der Waals surface area contributed by atoms with Gasteiger partial charge in [0.05, 0.1) is 22.7 Å². The van der Waals surface area contributed by atoms with Crippen LogP contribution < -0.4 is 5.32 Å². The van der Waals surface area contributed by atoms with Crippen molar-refractivity contribution in [2.45, 2.75) is 63.3 Å². The Labute approximate surface area is 181 Å². The first-order valence-corrected chi connectivity index (χ1v) is 11.6. The number of pyridine rings is 1. The molecule has 156 valence electrons. The normalized spacial score (nSPS) is 28.5. The van der Waals surface area contributed by atoms with Gasteiger partial charge in [0.1, 0.15) is 0 Å². The van der Waals surface area contributed by atoms with Gasteiger partial charge in [-0.1, -0.05) is 30.5 Å². The summed E-state index contributed by atoms with van der Waals surface area (Å²) in [6, 6.07) is 5.58. The maximum Gasteiger partial charge on any atom is 0.223 e. The zero-order valence-electron chi connectivity index (χ0n) is 16.7. The van der Waals surface area contributed by atoms with Crippen LogP contribution in [0.4, 0.5) is 0 Å². The van der Waals surface area contributed by atoms with E-state index in [0.717, 1.165) is 42.7 Å². The highest BCUT2D eigenvalue weighted by Gasteiger charge is 2.47. The molecule has 3 heterocycles. The predicted molar refractivity (Wildman–Crippen MR) is 116 cm³/mol. The molecule has 0 bridgehead atoms. The number of amides is 1. The second-order valence-electron chi connectivity index (χ2n) is 8.47. The Morgan fingerprint density at radius 3 is 2.90 bits per heavy atom. The molecule has 7 heteroatoms. The number of nitrogens with zero attached hydrogens (tertiary/aromatic N) is 2.